The lowest BCUT2D eigenvalue weighted by Gasteiger charge is -2.39. The number of hydrogen-bond acceptors (Lipinski definition) is 2. The molecule has 0 heterocycles. The van der Waals surface area contributed by atoms with Gasteiger partial charge >= 0.3 is 5.97 Å². The minimum absolute atomic E-state index is 0.243. The molecule has 0 aliphatic heterocycles. The summed E-state index contributed by atoms with van der Waals surface area (Å²) in [5.41, 5.74) is -1.14. The molecule has 0 aromatic heterocycles. The Bertz CT molecular complexity index is 295. The molecule has 16 heavy (non-hydrogen) atoms. The van der Waals surface area contributed by atoms with Crippen LogP contribution in [0.2, 0.25) is 0 Å². The lowest BCUT2D eigenvalue weighted by atomic mass is 9.67. The zero-order valence-corrected chi connectivity index (χ0v) is 9.74. The van der Waals surface area contributed by atoms with Crippen molar-refractivity contribution in [1.29, 1.82) is 0 Å². The lowest BCUT2D eigenvalue weighted by Crippen LogP contribution is -2.52. The van der Waals surface area contributed by atoms with E-state index in [0.717, 1.165) is 12.8 Å². The van der Waals surface area contributed by atoms with Crippen LogP contribution in [0.3, 0.4) is 0 Å². The van der Waals surface area contributed by atoms with Crippen LogP contribution in [-0.4, -0.2) is 35.0 Å². The third-order valence-corrected chi connectivity index (χ3v) is 3.16. The van der Waals surface area contributed by atoms with Crippen LogP contribution in [0.4, 0.5) is 0 Å². The summed E-state index contributed by atoms with van der Waals surface area (Å²) in [7, 11) is 0. The standard InChI is InChI=1S/C12H19NO3/c1-3-8-13(9-4-2)10(14)12(11(15)16)6-5-7-12/h3H,1,4-9H2,2H3,(H,15,16). The first-order valence-electron chi connectivity index (χ1n) is 5.72. The monoisotopic (exact) mass is 225 g/mol. The Morgan fingerprint density at radius 2 is 2.12 bits per heavy atom. The van der Waals surface area contributed by atoms with Crippen LogP contribution in [-0.2, 0) is 9.59 Å². The summed E-state index contributed by atoms with van der Waals surface area (Å²) in [6, 6.07) is 0. The van der Waals surface area contributed by atoms with E-state index in [1.165, 1.54) is 0 Å². The maximum atomic E-state index is 12.2. The van der Waals surface area contributed by atoms with Gasteiger partial charge in [0.05, 0.1) is 0 Å². The van der Waals surface area contributed by atoms with Crippen molar-refractivity contribution >= 4 is 11.9 Å². The number of carboxylic acid groups (broad SMARTS) is 1. The molecule has 1 amide bonds. The molecule has 0 spiro atoms. The summed E-state index contributed by atoms with van der Waals surface area (Å²) < 4.78 is 0. The second-order valence-corrected chi connectivity index (χ2v) is 4.28. The van der Waals surface area contributed by atoms with E-state index in [2.05, 4.69) is 6.58 Å². The molecule has 0 aromatic rings. The van der Waals surface area contributed by atoms with Gasteiger partial charge in [0.15, 0.2) is 0 Å². The van der Waals surface area contributed by atoms with Gasteiger partial charge in [-0.3, -0.25) is 9.59 Å². The van der Waals surface area contributed by atoms with Gasteiger partial charge in [0.25, 0.3) is 0 Å². The molecule has 0 atom stereocenters. The molecule has 1 fully saturated rings. The fourth-order valence-electron chi connectivity index (χ4n) is 2.05. The van der Waals surface area contributed by atoms with E-state index >= 15 is 0 Å². The van der Waals surface area contributed by atoms with Crippen LogP contribution < -0.4 is 0 Å². The summed E-state index contributed by atoms with van der Waals surface area (Å²) in [5, 5.41) is 9.17. The predicted octanol–water partition coefficient (Wildman–Crippen LogP) is 1.67. The number of carbonyl (C=O) groups is 2. The van der Waals surface area contributed by atoms with E-state index in [9.17, 15) is 9.59 Å². The van der Waals surface area contributed by atoms with Gasteiger partial charge in [-0.25, -0.2) is 0 Å². The van der Waals surface area contributed by atoms with Crippen molar-refractivity contribution in [3.05, 3.63) is 12.7 Å². The highest BCUT2D eigenvalue weighted by atomic mass is 16.4. The summed E-state index contributed by atoms with van der Waals surface area (Å²) in [4.78, 5) is 24.9. The van der Waals surface area contributed by atoms with E-state index in [1.54, 1.807) is 11.0 Å². The first kappa shape index (κ1) is 12.7. The zero-order valence-electron chi connectivity index (χ0n) is 9.74. The van der Waals surface area contributed by atoms with Gasteiger partial charge in [0.1, 0.15) is 5.41 Å². The van der Waals surface area contributed by atoms with Gasteiger partial charge in [0.2, 0.25) is 5.91 Å². The van der Waals surface area contributed by atoms with Crippen molar-refractivity contribution in [2.75, 3.05) is 13.1 Å². The third kappa shape index (κ3) is 2.10. The van der Waals surface area contributed by atoms with Crippen molar-refractivity contribution in [3.8, 4) is 0 Å². The Morgan fingerprint density at radius 3 is 2.44 bits per heavy atom. The average Bonchev–Trinajstić information content (AvgIpc) is 2.14. The Kier molecular flexibility index (Phi) is 4.10. The van der Waals surface area contributed by atoms with Crippen LogP contribution >= 0.6 is 0 Å². The fraction of sp³-hybridized carbons (Fsp3) is 0.667. The summed E-state index contributed by atoms with van der Waals surface area (Å²) >= 11 is 0. The summed E-state index contributed by atoms with van der Waals surface area (Å²) in [6.45, 7) is 6.59. The Balaban J connectivity index is 2.79. The van der Waals surface area contributed by atoms with Crippen LogP contribution in [0.5, 0.6) is 0 Å². The number of hydrogen-bond donors (Lipinski definition) is 1. The largest absolute Gasteiger partial charge is 0.480 e. The number of nitrogens with zero attached hydrogens (tertiary/aromatic N) is 1. The molecule has 1 N–H and O–H groups in total. The van der Waals surface area contributed by atoms with Crippen molar-refractivity contribution in [3.63, 3.8) is 0 Å². The molecule has 0 bridgehead atoms. The highest BCUT2D eigenvalue weighted by molar-refractivity contribution is 6.02. The molecule has 1 rings (SSSR count). The van der Waals surface area contributed by atoms with Gasteiger partial charge < -0.3 is 10.0 Å². The minimum atomic E-state index is -1.14. The maximum absolute atomic E-state index is 12.2. The quantitative estimate of drug-likeness (QED) is 0.552. The Labute approximate surface area is 95.9 Å². The number of aliphatic carboxylic acids is 1. The van der Waals surface area contributed by atoms with Gasteiger partial charge in [0, 0.05) is 13.1 Å². The van der Waals surface area contributed by atoms with E-state index in [1.807, 2.05) is 6.92 Å². The smallest absolute Gasteiger partial charge is 0.319 e. The molecule has 1 aliphatic carbocycles. The first-order chi connectivity index (χ1) is 7.58. The van der Waals surface area contributed by atoms with E-state index < -0.39 is 11.4 Å². The van der Waals surface area contributed by atoms with Crippen molar-refractivity contribution in [1.82, 2.24) is 4.90 Å². The van der Waals surface area contributed by atoms with Crippen molar-refractivity contribution in [2.24, 2.45) is 5.41 Å². The normalized spacial score (nSPS) is 17.3. The van der Waals surface area contributed by atoms with E-state index in [0.29, 0.717) is 25.9 Å². The number of carbonyl (C=O) groups excluding carboxylic acids is 1. The second-order valence-electron chi connectivity index (χ2n) is 4.28. The maximum Gasteiger partial charge on any atom is 0.319 e. The molecule has 0 aromatic carbocycles. The number of amides is 1. The minimum Gasteiger partial charge on any atom is -0.480 e. The van der Waals surface area contributed by atoms with Crippen LogP contribution in [0.25, 0.3) is 0 Å². The van der Waals surface area contributed by atoms with E-state index in [-0.39, 0.29) is 5.91 Å². The molecule has 0 radical (unpaired) electrons. The number of carboxylic acids is 1. The van der Waals surface area contributed by atoms with Gasteiger partial charge in [-0.1, -0.05) is 19.4 Å². The lowest BCUT2D eigenvalue weighted by molar-refractivity contribution is -0.167. The Morgan fingerprint density at radius 1 is 1.50 bits per heavy atom. The third-order valence-electron chi connectivity index (χ3n) is 3.16. The van der Waals surface area contributed by atoms with Crippen LogP contribution in [0.15, 0.2) is 12.7 Å². The summed E-state index contributed by atoms with van der Waals surface area (Å²) in [5.74, 6) is -1.22. The molecular formula is C12H19NO3. The molecule has 0 saturated heterocycles. The molecule has 0 unspecified atom stereocenters. The first-order valence-corrected chi connectivity index (χ1v) is 5.72. The van der Waals surface area contributed by atoms with Crippen LogP contribution in [0.1, 0.15) is 32.6 Å². The molecule has 90 valence electrons. The van der Waals surface area contributed by atoms with Crippen molar-refractivity contribution in [2.45, 2.75) is 32.6 Å². The predicted molar refractivity (Wildman–Crippen MR) is 61.0 cm³/mol. The van der Waals surface area contributed by atoms with Crippen molar-refractivity contribution < 1.29 is 14.7 Å². The van der Waals surface area contributed by atoms with Gasteiger partial charge in [-0.15, -0.1) is 6.58 Å². The molecular weight excluding hydrogens is 206 g/mol. The SMILES string of the molecule is C=CCN(CCC)C(=O)C1(C(=O)O)CCC1. The molecule has 4 nitrogen and oxygen atoms in total. The highest BCUT2D eigenvalue weighted by Gasteiger charge is 2.52. The fourth-order valence-corrected chi connectivity index (χ4v) is 2.05. The molecule has 1 aliphatic rings. The zero-order chi connectivity index (χ0) is 12.2. The molecule has 1 saturated carbocycles. The summed E-state index contributed by atoms with van der Waals surface area (Å²) in [6.07, 6.45) is 4.24. The second kappa shape index (κ2) is 5.14. The van der Waals surface area contributed by atoms with Gasteiger partial charge in [-0.05, 0) is 19.3 Å². The molecule has 4 heteroatoms. The Hall–Kier alpha value is -1.32. The van der Waals surface area contributed by atoms with Crippen LogP contribution in [0, 0.1) is 5.41 Å². The van der Waals surface area contributed by atoms with E-state index in [4.69, 9.17) is 5.11 Å². The average molecular weight is 225 g/mol. The number of rotatable bonds is 6. The highest BCUT2D eigenvalue weighted by Crippen LogP contribution is 2.42. The topological polar surface area (TPSA) is 57.6 Å². The van der Waals surface area contributed by atoms with Gasteiger partial charge in [-0.2, -0.15) is 0 Å².